The molecule has 0 spiro atoms. The van der Waals surface area contributed by atoms with E-state index in [1.807, 2.05) is 0 Å². The monoisotopic (exact) mass is 280 g/mol. The van der Waals surface area contributed by atoms with Crippen molar-refractivity contribution in [1.29, 1.82) is 0 Å². The van der Waals surface area contributed by atoms with Gasteiger partial charge >= 0.3 is 0 Å². The maximum atomic E-state index is 13.5. The van der Waals surface area contributed by atoms with Crippen molar-refractivity contribution in [3.8, 4) is 0 Å². The standard InChI is InChI=1S/C10H11ClF2N2O3/c1-9(14,10(12,13)5-16)7-4-6(15(17)18)2-3-8(7)11/h2-4,16H,5,14H2,1H3/t9-/m1/s1. The average Bonchev–Trinajstić information content (AvgIpc) is 2.28. The van der Waals surface area contributed by atoms with Gasteiger partial charge in [-0.25, -0.2) is 8.78 Å². The summed E-state index contributed by atoms with van der Waals surface area (Å²) in [5.74, 6) is -3.66. The molecule has 0 heterocycles. The Hall–Kier alpha value is -1.31. The summed E-state index contributed by atoms with van der Waals surface area (Å²) in [5.41, 5.74) is 2.47. The Morgan fingerprint density at radius 3 is 2.56 bits per heavy atom. The maximum Gasteiger partial charge on any atom is 0.292 e. The molecule has 0 unspecified atom stereocenters. The minimum absolute atomic E-state index is 0.126. The van der Waals surface area contributed by atoms with E-state index in [0.29, 0.717) is 0 Å². The van der Waals surface area contributed by atoms with E-state index in [9.17, 15) is 18.9 Å². The van der Waals surface area contributed by atoms with Gasteiger partial charge in [-0.1, -0.05) is 11.6 Å². The van der Waals surface area contributed by atoms with Crippen LogP contribution in [0.4, 0.5) is 14.5 Å². The van der Waals surface area contributed by atoms with E-state index in [-0.39, 0.29) is 10.6 Å². The lowest BCUT2D eigenvalue weighted by Crippen LogP contribution is -2.52. The Morgan fingerprint density at radius 1 is 1.56 bits per heavy atom. The van der Waals surface area contributed by atoms with Crippen molar-refractivity contribution in [3.63, 3.8) is 0 Å². The van der Waals surface area contributed by atoms with Gasteiger partial charge in [0.25, 0.3) is 11.6 Å². The number of hydrogen-bond donors (Lipinski definition) is 2. The van der Waals surface area contributed by atoms with Crippen LogP contribution in [0.1, 0.15) is 12.5 Å². The van der Waals surface area contributed by atoms with E-state index in [1.54, 1.807) is 0 Å². The van der Waals surface area contributed by atoms with Gasteiger partial charge in [-0.05, 0) is 13.0 Å². The molecule has 0 aliphatic rings. The highest BCUT2D eigenvalue weighted by Crippen LogP contribution is 2.39. The highest BCUT2D eigenvalue weighted by molar-refractivity contribution is 6.31. The largest absolute Gasteiger partial charge is 0.390 e. The normalized spacial score (nSPS) is 15.2. The van der Waals surface area contributed by atoms with Crippen LogP contribution >= 0.6 is 11.6 Å². The molecule has 0 saturated carbocycles. The highest BCUT2D eigenvalue weighted by Gasteiger charge is 2.49. The molecule has 1 rings (SSSR count). The maximum absolute atomic E-state index is 13.5. The summed E-state index contributed by atoms with van der Waals surface area (Å²) < 4.78 is 27.1. The number of aliphatic hydroxyl groups excluding tert-OH is 1. The third kappa shape index (κ3) is 2.43. The summed E-state index contributed by atoms with van der Waals surface area (Å²) >= 11 is 5.73. The van der Waals surface area contributed by atoms with Gasteiger partial charge in [0.2, 0.25) is 0 Å². The van der Waals surface area contributed by atoms with Crippen molar-refractivity contribution in [2.24, 2.45) is 5.73 Å². The number of nitrogens with two attached hydrogens (primary N) is 1. The van der Waals surface area contributed by atoms with Crippen LogP contribution in [0.25, 0.3) is 0 Å². The molecular formula is C10H11ClF2N2O3. The molecule has 1 atom stereocenters. The SMILES string of the molecule is C[C@@](N)(c1cc([N+](=O)[O-])ccc1Cl)C(F)(F)CO. The van der Waals surface area contributed by atoms with Gasteiger partial charge in [0.15, 0.2) is 0 Å². The number of halogens is 3. The fourth-order valence-electron chi connectivity index (χ4n) is 1.39. The van der Waals surface area contributed by atoms with Crippen LogP contribution in [0.15, 0.2) is 18.2 Å². The molecule has 1 aromatic carbocycles. The molecule has 0 bridgehead atoms. The third-order valence-electron chi connectivity index (χ3n) is 2.68. The van der Waals surface area contributed by atoms with Crippen LogP contribution in [0.3, 0.4) is 0 Å². The molecule has 0 aliphatic carbocycles. The van der Waals surface area contributed by atoms with E-state index in [1.165, 1.54) is 0 Å². The van der Waals surface area contributed by atoms with Crippen LogP contribution in [0.2, 0.25) is 5.02 Å². The zero-order valence-corrected chi connectivity index (χ0v) is 10.1. The predicted molar refractivity (Wildman–Crippen MR) is 61.7 cm³/mol. The second-order valence-electron chi connectivity index (χ2n) is 3.99. The summed E-state index contributed by atoms with van der Waals surface area (Å²) in [6, 6.07) is 3.08. The number of hydrogen-bond acceptors (Lipinski definition) is 4. The Kier molecular flexibility index (Phi) is 3.89. The first-order valence-corrected chi connectivity index (χ1v) is 5.23. The van der Waals surface area contributed by atoms with E-state index in [2.05, 4.69) is 0 Å². The van der Waals surface area contributed by atoms with E-state index in [4.69, 9.17) is 22.4 Å². The van der Waals surface area contributed by atoms with Gasteiger partial charge in [0, 0.05) is 22.7 Å². The molecule has 0 radical (unpaired) electrons. The van der Waals surface area contributed by atoms with Crippen LogP contribution < -0.4 is 5.73 Å². The first kappa shape index (κ1) is 14.7. The quantitative estimate of drug-likeness (QED) is 0.652. The van der Waals surface area contributed by atoms with Gasteiger partial charge < -0.3 is 10.8 Å². The molecule has 3 N–H and O–H groups in total. The smallest absolute Gasteiger partial charge is 0.292 e. The second kappa shape index (κ2) is 4.75. The van der Waals surface area contributed by atoms with E-state index in [0.717, 1.165) is 25.1 Å². The summed E-state index contributed by atoms with van der Waals surface area (Å²) in [5, 5.41) is 19.1. The van der Waals surface area contributed by atoms with Gasteiger partial charge in [-0.3, -0.25) is 10.1 Å². The van der Waals surface area contributed by atoms with Crippen molar-refractivity contribution < 1.29 is 18.8 Å². The van der Waals surface area contributed by atoms with Crippen molar-refractivity contribution in [2.75, 3.05) is 6.61 Å². The first-order chi connectivity index (χ1) is 8.13. The van der Waals surface area contributed by atoms with Crippen LogP contribution in [-0.4, -0.2) is 22.6 Å². The predicted octanol–water partition coefficient (Wildman–Crippen LogP) is 2.05. The number of alkyl halides is 2. The van der Waals surface area contributed by atoms with Crippen LogP contribution in [0.5, 0.6) is 0 Å². The first-order valence-electron chi connectivity index (χ1n) is 4.85. The lowest BCUT2D eigenvalue weighted by Gasteiger charge is -2.33. The van der Waals surface area contributed by atoms with Crippen molar-refractivity contribution in [3.05, 3.63) is 38.9 Å². The number of benzene rings is 1. The molecule has 18 heavy (non-hydrogen) atoms. The minimum Gasteiger partial charge on any atom is -0.390 e. The molecular weight excluding hydrogens is 270 g/mol. The van der Waals surface area contributed by atoms with E-state index < -0.39 is 28.7 Å². The Labute approximate surface area is 106 Å². The molecule has 1 aromatic rings. The number of aliphatic hydroxyl groups is 1. The fraction of sp³-hybridized carbons (Fsp3) is 0.400. The molecule has 0 aliphatic heterocycles. The van der Waals surface area contributed by atoms with Gasteiger partial charge in [-0.2, -0.15) is 0 Å². The molecule has 0 amide bonds. The summed E-state index contributed by atoms with van der Waals surface area (Å²) in [6.07, 6.45) is 0. The zero-order chi connectivity index (χ0) is 14.1. The Balaban J connectivity index is 3.40. The minimum atomic E-state index is -3.66. The number of non-ortho nitro benzene ring substituents is 1. The van der Waals surface area contributed by atoms with Crippen molar-refractivity contribution in [1.82, 2.24) is 0 Å². The second-order valence-corrected chi connectivity index (χ2v) is 4.39. The van der Waals surface area contributed by atoms with Crippen molar-refractivity contribution >= 4 is 17.3 Å². The summed E-state index contributed by atoms with van der Waals surface area (Å²) in [4.78, 5) is 9.85. The van der Waals surface area contributed by atoms with Crippen molar-refractivity contribution in [2.45, 2.75) is 18.4 Å². The molecule has 0 fully saturated rings. The summed E-state index contributed by atoms with van der Waals surface area (Å²) in [6.45, 7) is -0.535. The average molecular weight is 281 g/mol. The van der Waals surface area contributed by atoms with Gasteiger partial charge in [0.05, 0.1) is 4.92 Å². The fourth-order valence-corrected chi connectivity index (χ4v) is 1.70. The lowest BCUT2D eigenvalue weighted by atomic mass is 9.86. The Morgan fingerprint density at radius 2 is 2.11 bits per heavy atom. The number of nitro benzene ring substituents is 1. The molecule has 0 saturated heterocycles. The lowest BCUT2D eigenvalue weighted by molar-refractivity contribution is -0.385. The zero-order valence-electron chi connectivity index (χ0n) is 9.36. The van der Waals surface area contributed by atoms with Gasteiger partial charge in [0.1, 0.15) is 12.1 Å². The molecule has 100 valence electrons. The molecule has 8 heteroatoms. The Bertz CT molecular complexity index is 480. The number of nitro groups is 1. The topological polar surface area (TPSA) is 89.4 Å². The highest BCUT2D eigenvalue weighted by atomic mass is 35.5. The molecule has 0 aromatic heterocycles. The number of nitrogens with zero attached hydrogens (tertiary/aromatic N) is 1. The third-order valence-corrected chi connectivity index (χ3v) is 3.01. The van der Waals surface area contributed by atoms with E-state index >= 15 is 0 Å². The van der Waals surface area contributed by atoms with Gasteiger partial charge in [-0.15, -0.1) is 0 Å². The summed E-state index contributed by atoms with van der Waals surface area (Å²) in [7, 11) is 0. The van der Waals surface area contributed by atoms with Crippen LogP contribution in [-0.2, 0) is 5.54 Å². The molecule has 5 nitrogen and oxygen atoms in total. The van der Waals surface area contributed by atoms with Crippen LogP contribution in [0, 0.1) is 10.1 Å². The number of rotatable bonds is 4.